The van der Waals surface area contributed by atoms with Crippen LogP contribution in [0, 0.1) is 11.3 Å². The maximum Gasteiger partial charge on any atom is 0.271 e. The van der Waals surface area contributed by atoms with Gasteiger partial charge < -0.3 is 4.90 Å². The Hall–Kier alpha value is -3.80. The zero-order chi connectivity index (χ0) is 26.2. The quantitative estimate of drug-likeness (QED) is 0.396. The van der Waals surface area contributed by atoms with Crippen LogP contribution >= 0.6 is 11.3 Å². The van der Waals surface area contributed by atoms with E-state index in [1.807, 2.05) is 27.7 Å². The second kappa shape index (κ2) is 10.2. The predicted octanol–water partition coefficient (Wildman–Crippen LogP) is 4.39. The number of hydrogen-bond donors (Lipinski definition) is 0. The minimum Gasteiger partial charge on any atom is -0.340 e. The molecule has 6 rings (SSSR count). The molecular weight excluding hydrogens is 494 g/mol. The van der Waals surface area contributed by atoms with Crippen molar-refractivity contribution in [2.45, 2.75) is 38.8 Å². The highest BCUT2D eigenvalue weighted by molar-refractivity contribution is 7.22. The summed E-state index contributed by atoms with van der Waals surface area (Å²) in [4.78, 5) is 35.0. The number of benzene rings is 2. The maximum absolute atomic E-state index is 13.5. The lowest BCUT2D eigenvalue weighted by molar-refractivity contribution is -0.130. The molecule has 1 fully saturated rings. The van der Waals surface area contributed by atoms with Gasteiger partial charge in [-0.1, -0.05) is 30.3 Å². The molecule has 0 N–H and O–H groups in total. The molecule has 38 heavy (non-hydrogen) atoms. The van der Waals surface area contributed by atoms with Gasteiger partial charge in [0.15, 0.2) is 0 Å². The third kappa shape index (κ3) is 4.75. The van der Waals surface area contributed by atoms with Crippen molar-refractivity contribution in [3.05, 3.63) is 87.5 Å². The second-order valence-electron chi connectivity index (χ2n) is 10.3. The summed E-state index contributed by atoms with van der Waals surface area (Å²) < 4.78 is 2.50. The number of aromatic nitrogens is 2. The molecule has 0 saturated carbocycles. The van der Waals surface area contributed by atoms with Crippen molar-refractivity contribution < 1.29 is 4.79 Å². The number of hydrogen-bond acceptors (Lipinski definition) is 6. The summed E-state index contributed by atoms with van der Waals surface area (Å²) in [6.45, 7) is 5.97. The topological polar surface area (TPSA) is 82.2 Å². The first-order valence-electron chi connectivity index (χ1n) is 13.1. The maximum atomic E-state index is 13.5. The smallest absolute Gasteiger partial charge is 0.271 e. The van der Waals surface area contributed by atoms with E-state index in [-0.39, 0.29) is 17.5 Å². The van der Waals surface area contributed by atoms with Crippen LogP contribution < -0.4 is 5.56 Å². The van der Waals surface area contributed by atoms with E-state index in [4.69, 9.17) is 5.26 Å². The molecule has 1 unspecified atom stereocenters. The molecule has 7 nitrogen and oxygen atoms in total. The molecule has 0 radical (unpaired) electrons. The molecule has 1 amide bonds. The van der Waals surface area contributed by atoms with Gasteiger partial charge in [0.05, 0.1) is 23.5 Å². The highest BCUT2D eigenvalue weighted by atomic mass is 32.1. The van der Waals surface area contributed by atoms with Crippen LogP contribution in [0.3, 0.4) is 0 Å². The van der Waals surface area contributed by atoms with Crippen molar-refractivity contribution in [1.82, 2.24) is 19.4 Å². The summed E-state index contributed by atoms with van der Waals surface area (Å²) in [5.41, 5.74) is 6.35. The molecule has 2 aliphatic rings. The molecule has 1 aliphatic heterocycles. The van der Waals surface area contributed by atoms with Gasteiger partial charge in [-0.25, -0.2) is 4.98 Å². The van der Waals surface area contributed by atoms with Crippen LogP contribution in [-0.2, 0) is 24.2 Å². The van der Waals surface area contributed by atoms with E-state index in [1.165, 1.54) is 28.0 Å². The van der Waals surface area contributed by atoms with Crippen LogP contribution in [0.2, 0.25) is 0 Å². The van der Waals surface area contributed by atoms with Crippen molar-refractivity contribution in [2.75, 3.05) is 26.2 Å². The fraction of sp³-hybridized carbons (Fsp3) is 0.333. The summed E-state index contributed by atoms with van der Waals surface area (Å²) in [5, 5.41) is 9.05. The van der Waals surface area contributed by atoms with Crippen LogP contribution in [-0.4, -0.2) is 51.4 Å². The van der Waals surface area contributed by atoms with E-state index in [0.717, 1.165) is 67.9 Å². The van der Waals surface area contributed by atoms with Crippen molar-refractivity contribution >= 4 is 27.5 Å². The standard InChI is InChI=1S/C30H29N5O2S/c1-20(36)34-12-10-33(11-13-34)18-22-4-7-25-15-26(9-8-24(25)14-22)35-19-32-27-16-28(38-29(27)30(35)37)23-5-2-21(17-31)3-6-23/h2-7,14,16,19,26H,8-13,15,18H2,1H3. The molecule has 3 heterocycles. The lowest BCUT2D eigenvalue weighted by Crippen LogP contribution is -2.47. The largest absolute Gasteiger partial charge is 0.340 e. The van der Waals surface area contributed by atoms with Gasteiger partial charge >= 0.3 is 0 Å². The molecule has 0 spiro atoms. The molecule has 4 aromatic rings. The Labute approximate surface area is 225 Å². The summed E-state index contributed by atoms with van der Waals surface area (Å²) in [6, 6.07) is 18.4. The number of nitriles is 1. The van der Waals surface area contributed by atoms with Gasteiger partial charge in [0.1, 0.15) is 4.70 Å². The first-order chi connectivity index (χ1) is 18.5. The van der Waals surface area contributed by atoms with E-state index in [2.05, 4.69) is 34.2 Å². The minimum absolute atomic E-state index is 0.0228. The summed E-state index contributed by atoms with van der Waals surface area (Å²) in [7, 11) is 0. The number of thiophene rings is 1. The van der Waals surface area contributed by atoms with Crippen molar-refractivity contribution in [3.63, 3.8) is 0 Å². The van der Waals surface area contributed by atoms with Crippen LogP contribution in [0.25, 0.3) is 20.7 Å². The van der Waals surface area contributed by atoms with Gasteiger partial charge in [0.2, 0.25) is 5.91 Å². The molecule has 1 aliphatic carbocycles. The Kier molecular flexibility index (Phi) is 6.56. The van der Waals surface area contributed by atoms with Crippen LogP contribution in [0.15, 0.2) is 59.7 Å². The van der Waals surface area contributed by atoms with Crippen LogP contribution in [0.4, 0.5) is 0 Å². The first kappa shape index (κ1) is 24.5. The van der Waals surface area contributed by atoms with E-state index in [9.17, 15) is 9.59 Å². The minimum atomic E-state index is 0.0228. The van der Waals surface area contributed by atoms with Gasteiger partial charge in [-0.15, -0.1) is 11.3 Å². The monoisotopic (exact) mass is 523 g/mol. The van der Waals surface area contributed by atoms with Crippen molar-refractivity contribution in [2.24, 2.45) is 0 Å². The van der Waals surface area contributed by atoms with Crippen molar-refractivity contribution in [1.29, 1.82) is 5.26 Å². The fourth-order valence-corrected chi connectivity index (χ4v) is 6.69. The average molecular weight is 524 g/mol. The lowest BCUT2D eigenvalue weighted by Gasteiger charge is -2.34. The Morgan fingerprint density at radius 3 is 2.61 bits per heavy atom. The number of aryl methyl sites for hydroxylation is 1. The summed E-state index contributed by atoms with van der Waals surface area (Å²) in [6.07, 6.45) is 4.39. The zero-order valence-electron chi connectivity index (χ0n) is 21.4. The second-order valence-corrected chi connectivity index (χ2v) is 11.3. The molecule has 1 atom stereocenters. The van der Waals surface area contributed by atoms with Gasteiger partial charge in [-0.3, -0.25) is 19.1 Å². The van der Waals surface area contributed by atoms with E-state index < -0.39 is 0 Å². The third-order valence-electron chi connectivity index (χ3n) is 7.85. The van der Waals surface area contributed by atoms with Crippen molar-refractivity contribution in [3.8, 4) is 16.5 Å². The van der Waals surface area contributed by atoms with Crippen LogP contribution in [0.1, 0.15) is 41.6 Å². The Morgan fingerprint density at radius 1 is 1.08 bits per heavy atom. The van der Waals surface area contributed by atoms with Gasteiger partial charge in [0, 0.05) is 50.6 Å². The fourth-order valence-electron chi connectivity index (χ4n) is 5.64. The number of nitrogens with zero attached hydrogens (tertiary/aromatic N) is 5. The SMILES string of the molecule is CC(=O)N1CCN(Cc2ccc3c(c2)CCC(n2cnc4cc(-c5ccc(C#N)cc5)sc4c2=O)C3)CC1. The van der Waals surface area contributed by atoms with E-state index in [1.54, 1.807) is 25.4 Å². The molecule has 2 aromatic heterocycles. The highest BCUT2D eigenvalue weighted by Gasteiger charge is 2.24. The van der Waals surface area contributed by atoms with E-state index >= 15 is 0 Å². The van der Waals surface area contributed by atoms with Crippen LogP contribution in [0.5, 0.6) is 0 Å². The van der Waals surface area contributed by atoms with Gasteiger partial charge in [-0.2, -0.15) is 5.26 Å². The number of amides is 1. The number of carbonyl (C=O) groups excluding carboxylic acids is 1. The number of piperazine rings is 1. The average Bonchev–Trinajstić information content (AvgIpc) is 3.39. The first-order valence-corrected chi connectivity index (χ1v) is 13.9. The Bertz CT molecular complexity index is 1610. The van der Waals surface area contributed by atoms with Gasteiger partial charge in [0.25, 0.3) is 5.56 Å². The number of rotatable bonds is 4. The van der Waals surface area contributed by atoms with Gasteiger partial charge in [-0.05, 0) is 59.7 Å². The Balaban J connectivity index is 1.17. The predicted molar refractivity (Wildman–Crippen MR) is 149 cm³/mol. The molecule has 8 heteroatoms. The molecule has 0 bridgehead atoms. The zero-order valence-corrected chi connectivity index (χ0v) is 22.2. The number of carbonyl (C=O) groups is 1. The normalized spacial score (nSPS) is 17.8. The molecule has 1 saturated heterocycles. The molecular formula is C30H29N5O2S. The molecule has 2 aromatic carbocycles. The summed E-state index contributed by atoms with van der Waals surface area (Å²) in [5.74, 6) is 0.160. The van der Waals surface area contributed by atoms with E-state index in [0.29, 0.717) is 10.3 Å². The Morgan fingerprint density at radius 2 is 1.87 bits per heavy atom. The molecule has 192 valence electrons. The lowest BCUT2D eigenvalue weighted by atomic mass is 9.87. The number of fused-ring (bicyclic) bond motifs is 2. The summed E-state index contributed by atoms with van der Waals surface area (Å²) >= 11 is 1.47. The third-order valence-corrected chi connectivity index (χ3v) is 9.01. The highest BCUT2D eigenvalue weighted by Crippen LogP contribution is 2.33.